The van der Waals surface area contributed by atoms with Crippen molar-refractivity contribution in [2.24, 2.45) is 5.41 Å². The average molecular weight is 245 g/mol. The van der Waals surface area contributed by atoms with Gasteiger partial charge in [-0.15, -0.1) is 0 Å². The van der Waals surface area contributed by atoms with E-state index in [0.717, 1.165) is 19.5 Å². The van der Waals surface area contributed by atoms with Crippen LogP contribution in [0, 0.1) is 12.3 Å². The van der Waals surface area contributed by atoms with Crippen molar-refractivity contribution in [2.75, 3.05) is 18.0 Å². The SMILES string of the molecule is CCc1cccc(C)c1N1CCC(=O)C(C)(C)C1. The molecule has 0 spiro atoms. The molecule has 1 saturated heterocycles. The van der Waals surface area contributed by atoms with Gasteiger partial charge in [-0.3, -0.25) is 4.79 Å². The zero-order valence-electron chi connectivity index (χ0n) is 11.9. The normalized spacial score (nSPS) is 19.1. The first-order chi connectivity index (χ1) is 8.45. The van der Waals surface area contributed by atoms with Gasteiger partial charge in [-0.1, -0.05) is 39.0 Å². The lowest BCUT2D eigenvalue weighted by Gasteiger charge is -2.39. The summed E-state index contributed by atoms with van der Waals surface area (Å²) in [5.41, 5.74) is 3.84. The van der Waals surface area contributed by atoms with Gasteiger partial charge >= 0.3 is 0 Å². The molecule has 1 aromatic rings. The molecule has 98 valence electrons. The van der Waals surface area contributed by atoms with E-state index in [9.17, 15) is 4.79 Å². The predicted octanol–water partition coefficient (Wildman–Crippen LogP) is 3.36. The summed E-state index contributed by atoms with van der Waals surface area (Å²) >= 11 is 0. The third-order valence-corrected chi connectivity index (χ3v) is 3.97. The fraction of sp³-hybridized carbons (Fsp3) is 0.562. The van der Waals surface area contributed by atoms with Crippen LogP contribution in [-0.4, -0.2) is 18.9 Å². The fourth-order valence-electron chi connectivity index (χ4n) is 2.87. The summed E-state index contributed by atoms with van der Waals surface area (Å²) in [6.45, 7) is 10.2. The minimum atomic E-state index is -0.217. The number of hydrogen-bond acceptors (Lipinski definition) is 2. The van der Waals surface area contributed by atoms with Crippen LogP contribution < -0.4 is 4.90 Å². The number of benzene rings is 1. The van der Waals surface area contributed by atoms with Crippen LogP contribution in [0.1, 0.15) is 38.3 Å². The second-order valence-corrected chi connectivity index (χ2v) is 5.91. The Balaban J connectivity index is 2.35. The van der Waals surface area contributed by atoms with E-state index in [-0.39, 0.29) is 5.41 Å². The van der Waals surface area contributed by atoms with E-state index in [4.69, 9.17) is 0 Å². The molecule has 0 radical (unpaired) electrons. The van der Waals surface area contributed by atoms with Crippen molar-refractivity contribution in [3.05, 3.63) is 29.3 Å². The van der Waals surface area contributed by atoms with E-state index in [2.05, 4.69) is 50.8 Å². The molecule has 1 fully saturated rings. The van der Waals surface area contributed by atoms with Gasteiger partial charge in [-0.2, -0.15) is 0 Å². The highest BCUT2D eigenvalue weighted by atomic mass is 16.1. The van der Waals surface area contributed by atoms with Crippen LogP contribution in [-0.2, 0) is 11.2 Å². The smallest absolute Gasteiger partial charge is 0.142 e. The van der Waals surface area contributed by atoms with Crippen LogP contribution >= 0.6 is 0 Å². The number of piperidine rings is 1. The van der Waals surface area contributed by atoms with E-state index in [1.165, 1.54) is 16.8 Å². The van der Waals surface area contributed by atoms with Crippen molar-refractivity contribution >= 4 is 11.5 Å². The van der Waals surface area contributed by atoms with Gasteiger partial charge in [0, 0.05) is 30.6 Å². The van der Waals surface area contributed by atoms with E-state index >= 15 is 0 Å². The van der Waals surface area contributed by atoms with Gasteiger partial charge in [0.15, 0.2) is 0 Å². The Morgan fingerprint density at radius 1 is 1.33 bits per heavy atom. The zero-order chi connectivity index (χ0) is 13.3. The van der Waals surface area contributed by atoms with Crippen LogP contribution in [0.15, 0.2) is 18.2 Å². The summed E-state index contributed by atoms with van der Waals surface area (Å²) in [6.07, 6.45) is 1.71. The summed E-state index contributed by atoms with van der Waals surface area (Å²) < 4.78 is 0. The molecule has 0 bridgehead atoms. The number of Topliss-reactive ketones (excluding diaryl/α,β-unsaturated/α-hetero) is 1. The maximum Gasteiger partial charge on any atom is 0.142 e. The molecular formula is C16H23NO. The van der Waals surface area contributed by atoms with E-state index in [1.807, 2.05) is 0 Å². The van der Waals surface area contributed by atoms with E-state index in [0.29, 0.717) is 12.2 Å². The van der Waals surface area contributed by atoms with Gasteiger partial charge in [0.05, 0.1) is 0 Å². The lowest BCUT2D eigenvalue weighted by Crippen LogP contribution is -2.46. The van der Waals surface area contributed by atoms with Gasteiger partial charge in [0.2, 0.25) is 0 Å². The molecule has 2 rings (SSSR count). The summed E-state index contributed by atoms with van der Waals surface area (Å²) in [5, 5.41) is 0. The Bertz CT molecular complexity index is 462. The first kappa shape index (κ1) is 13.1. The molecule has 0 aliphatic carbocycles. The molecule has 1 aliphatic heterocycles. The van der Waals surface area contributed by atoms with Crippen LogP contribution in [0.25, 0.3) is 0 Å². The number of carbonyl (C=O) groups excluding carboxylic acids is 1. The summed E-state index contributed by atoms with van der Waals surface area (Å²) in [4.78, 5) is 14.3. The molecule has 0 aromatic heterocycles. The van der Waals surface area contributed by atoms with Gasteiger partial charge in [-0.05, 0) is 24.5 Å². The molecule has 1 heterocycles. The van der Waals surface area contributed by atoms with Crippen LogP contribution in [0.4, 0.5) is 5.69 Å². The summed E-state index contributed by atoms with van der Waals surface area (Å²) in [5.74, 6) is 0.394. The van der Waals surface area contributed by atoms with Crippen molar-refractivity contribution in [3.8, 4) is 0 Å². The minimum absolute atomic E-state index is 0.217. The van der Waals surface area contributed by atoms with Crippen LogP contribution in [0.5, 0.6) is 0 Å². The Morgan fingerprint density at radius 3 is 2.67 bits per heavy atom. The van der Waals surface area contributed by atoms with E-state index < -0.39 is 0 Å². The number of rotatable bonds is 2. The number of carbonyl (C=O) groups is 1. The minimum Gasteiger partial charge on any atom is -0.370 e. The van der Waals surface area contributed by atoms with Gasteiger partial charge < -0.3 is 4.90 Å². The highest BCUT2D eigenvalue weighted by molar-refractivity contribution is 5.87. The Labute approximate surface area is 110 Å². The zero-order valence-corrected chi connectivity index (χ0v) is 11.9. The molecule has 0 atom stereocenters. The topological polar surface area (TPSA) is 20.3 Å². The Kier molecular flexibility index (Phi) is 3.47. The number of aryl methyl sites for hydroxylation is 2. The third-order valence-electron chi connectivity index (χ3n) is 3.97. The highest BCUT2D eigenvalue weighted by Crippen LogP contribution is 2.33. The fourth-order valence-corrected chi connectivity index (χ4v) is 2.87. The Morgan fingerprint density at radius 2 is 2.06 bits per heavy atom. The largest absolute Gasteiger partial charge is 0.370 e. The van der Waals surface area contributed by atoms with Crippen molar-refractivity contribution in [3.63, 3.8) is 0 Å². The van der Waals surface area contributed by atoms with Gasteiger partial charge in [0.1, 0.15) is 5.78 Å². The number of nitrogens with zero attached hydrogens (tertiary/aromatic N) is 1. The van der Waals surface area contributed by atoms with E-state index in [1.54, 1.807) is 0 Å². The summed E-state index contributed by atoms with van der Waals surface area (Å²) in [7, 11) is 0. The number of para-hydroxylation sites is 1. The Hall–Kier alpha value is -1.31. The molecule has 2 heteroatoms. The molecule has 0 saturated carbocycles. The maximum atomic E-state index is 11.9. The average Bonchev–Trinajstić information content (AvgIpc) is 2.32. The highest BCUT2D eigenvalue weighted by Gasteiger charge is 2.35. The number of ketones is 1. The molecule has 1 aliphatic rings. The molecule has 2 nitrogen and oxygen atoms in total. The van der Waals surface area contributed by atoms with Gasteiger partial charge in [-0.25, -0.2) is 0 Å². The van der Waals surface area contributed by atoms with Crippen molar-refractivity contribution in [2.45, 2.75) is 40.5 Å². The van der Waals surface area contributed by atoms with Crippen molar-refractivity contribution in [1.82, 2.24) is 0 Å². The number of anilines is 1. The van der Waals surface area contributed by atoms with Crippen molar-refractivity contribution < 1.29 is 4.79 Å². The molecule has 0 N–H and O–H groups in total. The van der Waals surface area contributed by atoms with Crippen molar-refractivity contribution in [1.29, 1.82) is 0 Å². The molecular weight excluding hydrogens is 222 g/mol. The maximum absolute atomic E-state index is 11.9. The van der Waals surface area contributed by atoms with Gasteiger partial charge in [0.25, 0.3) is 0 Å². The lowest BCUT2D eigenvalue weighted by atomic mass is 9.82. The first-order valence-corrected chi connectivity index (χ1v) is 6.82. The molecule has 18 heavy (non-hydrogen) atoms. The quantitative estimate of drug-likeness (QED) is 0.796. The third kappa shape index (κ3) is 2.29. The second kappa shape index (κ2) is 4.75. The second-order valence-electron chi connectivity index (χ2n) is 5.91. The number of hydrogen-bond donors (Lipinski definition) is 0. The first-order valence-electron chi connectivity index (χ1n) is 6.82. The van der Waals surface area contributed by atoms with Crippen LogP contribution in [0.2, 0.25) is 0 Å². The van der Waals surface area contributed by atoms with Crippen LogP contribution in [0.3, 0.4) is 0 Å². The predicted molar refractivity (Wildman–Crippen MR) is 76.2 cm³/mol. The standard InChI is InChI=1S/C16H23NO/c1-5-13-8-6-7-12(2)15(13)17-10-9-14(18)16(3,4)11-17/h6-8H,5,9-11H2,1-4H3. The summed E-state index contributed by atoms with van der Waals surface area (Å²) in [6, 6.07) is 6.49. The lowest BCUT2D eigenvalue weighted by molar-refractivity contribution is -0.127. The molecule has 0 unspecified atom stereocenters. The molecule has 0 amide bonds. The molecule has 1 aromatic carbocycles. The monoisotopic (exact) mass is 245 g/mol.